The van der Waals surface area contributed by atoms with Gasteiger partial charge >= 0.3 is 6.03 Å². The largest absolute Gasteiger partial charge is 0.469 e. The quantitative estimate of drug-likeness (QED) is 0.777. The third-order valence-corrected chi connectivity index (χ3v) is 4.44. The van der Waals surface area contributed by atoms with E-state index in [4.69, 9.17) is 4.42 Å². The number of urea groups is 1. The standard InChI is InChI=1S/C21H29N3O3/c1-14-11-15(2)20(16(3)12-14)23-19(25)13-24(5)21(26)22-17(4)8-9-18-7-6-10-27-18/h6-7,10-12,17H,8-9,13H2,1-5H3,(H,22,26)(H,23,25). The fraction of sp³-hybridized carbons (Fsp3) is 0.429. The van der Waals surface area contributed by atoms with Gasteiger partial charge in [-0.05, 0) is 57.4 Å². The second-order valence-electron chi connectivity index (χ2n) is 7.15. The summed E-state index contributed by atoms with van der Waals surface area (Å²) < 4.78 is 5.30. The van der Waals surface area contributed by atoms with Gasteiger partial charge in [-0.1, -0.05) is 17.7 Å². The van der Waals surface area contributed by atoms with Gasteiger partial charge in [0.25, 0.3) is 0 Å². The Morgan fingerprint density at radius 1 is 1.19 bits per heavy atom. The molecule has 146 valence electrons. The number of hydrogen-bond donors (Lipinski definition) is 2. The smallest absolute Gasteiger partial charge is 0.317 e. The highest BCUT2D eigenvalue weighted by atomic mass is 16.3. The van der Waals surface area contributed by atoms with E-state index in [1.165, 1.54) is 4.90 Å². The average molecular weight is 371 g/mol. The van der Waals surface area contributed by atoms with E-state index in [0.29, 0.717) is 0 Å². The Kier molecular flexibility index (Phi) is 7.05. The average Bonchev–Trinajstić information content (AvgIpc) is 3.09. The zero-order chi connectivity index (χ0) is 20.0. The fourth-order valence-corrected chi connectivity index (χ4v) is 3.05. The number of anilines is 1. The van der Waals surface area contributed by atoms with Crippen LogP contribution in [0.2, 0.25) is 0 Å². The van der Waals surface area contributed by atoms with Gasteiger partial charge in [-0.3, -0.25) is 4.79 Å². The number of hydrogen-bond acceptors (Lipinski definition) is 3. The first-order chi connectivity index (χ1) is 12.8. The Morgan fingerprint density at radius 2 is 1.85 bits per heavy atom. The minimum atomic E-state index is -0.269. The van der Waals surface area contributed by atoms with Gasteiger partial charge < -0.3 is 20.0 Å². The van der Waals surface area contributed by atoms with Crippen molar-refractivity contribution in [1.29, 1.82) is 0 Å². The maximum atomic E-state index is 12.3. The van der Waals surface area contributed by atoms with Crippen molar-refractivity contribution in [3.8, 4) is 0 Å². The van der Waals surface area contributed by atoms with E-state index >= 15 is 0 Å². The number of aryl methyl sites for hydroxylation is 4. The van der Waals surface area contributed by atoms with E-state index in [1.54, 1.807) is 13.3 Å². The minimum Gasteiger partial charge on any atom is -0.469 e. The summed E-state index contributed by atoms with van der Waals surface area (Å²) in [6.07, 6.45) is 3.16. The van der Waals surface area contributed by atoms with Gasteiger partial charge in [0.2, 0.25) is 5.91 Å². The molecule has 1 unspecified atom stereocenters. The van der Waals surface area contributed by atoms with Crippen molar-refractivity contribution in [3.05, 3.63) is 53.0 Å². The van der Waals surface area contributed by atoms with Crippen LogP contribution in [0.4, 0.5) is 10.5 Å². The molecule has 2 rings (SSSR count). The molecule has 27 heavy (non-hydrogen) atoms. The zero-order valence-corrected chi connectivity index (χ0v) is 16.8. The lowest BCUT2D eigenvalue weighted by Gasteiger charge is -2.21. The molecular formula is C21H29N3O3. The van der Waals surface area contributed by atoms with E-state index in [0.717, 1.165) is 41.0 Å². The molecule has 0 bridgehead atoms. The van der Waals surface area contributed by atoms with Gasteiger partial charge in [-0.15, -0.1) is 0 Å². The topological polar surface area (TPSA) is 74.6 Å². The fourth-order valence-electron chi connectivity index (χ4n) is 3.05. The van der Waals surface area contributed by atoms with E-state index in [1.807, 2.05) is 52.0 Å². The molecule has 0 aliphatic rings. The van der Waals surface area contributed by atoms with Crippen LogP contribution in [-0.4, -0.2) is 36.5 Å². The Bertz CT molecular complexity index is 761. The summed E-state index contributed by atoms with van der Waals surface area (Å²) >= 11 is 0. The first-order valence-electron chi connectivity index (χ1n) is 9.18. The van der Waals surface area contributed by atoms with Crippen molar-refractivity contribution in [2.75, 3.05) is 18.9 Å². The van der Waals surface area contributed by atoms with Crippen molar-refractivity contribution in [2.45, 2.75) is 46.6 Å². The Balaban J connectivity index is 1.82. The Hall–Kier alpha value is -2.76. The zero-order valence-electron chi connectivity index (χ0n) is 16.8. The van der Waals surface area contributed by atoms with Crippen LogP contribution in [0.1, 0.15) is 35.8 Å². The van der Waals surface area contributed by atoms with E-state index in [9.17, 15) is 9.59 Å². The summed E-state index contributed by atoms with van der Waals surface area (Å²) in [7, 11) is 1.61. The number of benzene rings is 1. The van der Waals surface area contributed by atoms with E-state index < -0.39 is 0 Å². The summed E-state index contributed by atoms with van der Waals surface area (Å²) in [5.74, 6) is 0.679. The van der Waals surface area contributed by atoms with Crippen LogP contribution in [0.25, 0.3) is 0 Å². The molecule has 0 aliphatic carbocycles. The third kappa shape index (κ3) is 6.16. The van der Waals surface area contributed by atoms with E-state index in [-0.39, 0.29) is 24.5 Å². The molecule has 0 aliphatic heterocycles. The summed E-state index contributed by atoms with van der Waals surface area (Å²) in [6, 6.07) is 7.53. The molecule has 1 heterocycles. The van der Waals surface area contributed by atoms with Crippen LogP contribution in [0.5, 0.6) is 0 Å². The summed E-state index contributed by atoms with van der Waals surface area (Å²) in [6.45, 7) is 7.88. The minimum absolute atomic E-state index is 0.0104. The second-order valence-corrected chi connectivity index (χ2v) is 7.15. The van der Waals surface area contributed by atoms with E-state index in [2.05, 4.69) is 10.6 Å². The number of furan rings is 1. The number of carbonyl (C=O) groups excluding carboxylic acids is 2. The highest BCUT2D eigenvalue weighted by molar-refractivity contribution is 5.95. The van der Waals surface area contributed by atoms with Crippen molar-refractivity contribution in [1.82, 2.24) is 10.2 Å². The molecule has 0 saturated heterocycles. The van der Waals surface area contributed by atoms with Gasteiger partial charge in [0, 0.05) is 25.2 Å². The predicted octanol–water partition coefficient (Wildman–Crippen LogP) is 3.81. The van der Waals surface area contributed by atoms with Gasteiger partial charge in [-0.2, -0.15) is 0 Å². The lowest BCUT2D eigenvalue weighted by Crippen LogP contribution is -2.45. The molecule has 6 heteroatoms. The lowest BCUT2D eigenvalue weighted by atomic mass is 10.1. The van der Waals surface area contributed by atoms with Crippen molar-refractivity contribution in [2.24, 2.45) is 0 Å². The number of nitrogens with zero attached hydrogens (tertiary/aromatic N) is 1. The van der Waals surface area contributed by atoms with Gasteiger partial charge in [0.1, 0.15) is 12.3 Å². The molecule has 2 N–H and O–H groups in total. The number of likely N-dealkylation sites (N-methyl/N-ethyl adjacent to an activating group) is 1. The highest BCUT2D eigenvalue weighted by Gasteiger charge is 2.16. The summed E-state index contributed by atoms with van der Waals surface area (Å²) in [5, 5.41) is 5.82. The number of nitrogens with one attached hydrogen (secondary N) is 2. The van der Waals surface area contributed by atoms with Crippen molar-refractivity contribution in [3.63, 3.8) is 0 Å². The van der Waals surface area contributed by atoms with Crippen molar-refractivity contribution < 1.29 is 14.0 Å². The molecular weight excluding hydrogens is 342 g/mol. The van der Waals surface area contributed by atoms with Crippen LogP contribution in [0.15, 0.2) is 34.9 Å². The molecule has 3 amide bonds. The van der Waals surface area contributed by atoms with Gasteiger partial charge in [-0.25, -0.2) is 4.79 Å². The maximum Gasteiger partial charge on any atom is 0.317 e. The first-order valence-corrected chi connectivity index (χ1v) is 9.18. The molecule has 2 aromatic rings. The van der Waals surface area contributed by atoms with Crippen LogP contribution in [0, 0.1) is 20.8 Å². The third-order valence-electron chi connectivity index (χ3n) is 4.44. The molecule has 0 spiro atoms. The second kappa shape index (κ2) is 9.26. The first kappa shape index (κ1) is 20.6. The van der Waals surface area contributed by atoms with Crippen LogP contribution < -0.4 is 10.6 Å². The predicted molar refractivity (Wildman–Crippen MR) is 107 cm³/mol. The Labute approximate surface area is 160 Å². The maximum absolute atomic E-state index is 12.3. The number of amides is 3. The SMILES string of the molecule is Cc1cc(C)c(NC(=O)CN(C)C(=O)NC(C)CCc2ccco2)c(C)c1. The van der Waals surface area contributed by atoms with Gasteiger partial charge in [0.15, 0.2) is 0 Å². The number of carbonyl (C=O) groups is 2. The normalized spacial score (nSPS) is 11.7. The molecule has 0 radical (unpaired) electrons. The van der Waals surface area contributed by atoms with Crippen molar-refractivity contribution >= 4 is 17.6 Å². The summed E-state index contributed by atoms with van der Waals surface area (Å²) in [5.41, 5.74) is 3.99. The monoisotopic (exact) mass is 371 g/mol. The molecule has 0 fully saturated rings. The molecule has 1 aromatic heterocycles. The highest BCUT2D eigenvalue weighted by Crippen LogP contribution is 2.21. The molecule has 6 nitrogen and oxygen atoms in total. The molecule has 1 aromatic carbocycles. The van der Waals surface area contributed by atoms with Crippen LogP contribution >= 0.6 is 0 Å². The van der Waals surface area contributed by atoms with Crippen LogP contribution in [-0.2, 0) is 11.2 Å². The molecule has 0 saturated carbocycles. The van der Waals surface area contributed by atoms with Gasteiger partial charge in [0.05, 0.1) is 6.26 Å². The Morgan fingerprint density at radius 3 is 2.44 bits per heavy atom. The summed E-state index contributed by atoms with van der Waals surface area (Å²) in [4.78, 5) is 26.0. The van der Waals surface area contributed by atoms with Crippen LogP contribution in [0.3, 0.4) is 0 Å². The lowest BCUT2D eigenvalue weighted by molar-refractivity contribution is -0.116. The number of rotatable bonds is 7. The molecule has 1 atom stereocenters.